The first-order valence-electron chi connectivity index (χ1n) is 5.41. The van der Waals surface area contributed by atoms with Crippen molar-refractivity contribution in [1.29, 1.82) is 0 Å². The quantitative estimate of drug-likeness (QED) is 0.471. The van der Waals surface area contributed by atoms with Gasteiger partial charge in [-0.25, -0.2) is 0 Å². The van der Waals surface area contributed by atoms with Crippen molar-refractivity contribution in [2.45, 2.75) is 11.8 Å². The molecule has 0 radical (unpaired) electrons. The van der Waals surface area contributed by atoms with E-state index >= 15 is 0 Å². The summed E-state index contributed by atoms with van der Waals surface area (Å²) in [7, 11) is 0. The first kappa shape index (κ1) is 14.2. The third-order valence-electron chi connectivity index (χ3n) is 2.23. The van der Waals surface area contributed by atoms with Crippen LogP contribution in [-0.2, 0) is 0 Å². The van der Waals surface area contributed by atoms with Crippen molar-refractivity contribution in [1.82, 2.24) is 5.32 Å². The highest BCUT2D eigenvalue weighted by molar-refractivity contribution is 7.99. The number of hydrogen-bond acceptors (Lipinski definition) is 3. The van der Waals surface area contributed by atoms with Crippen molar-refractivity contribution in [2.24, 2.45) is 0 Å². The minimum atomic E-state index is -0.0300. The Morgan fingerprint density at radius 2 is 2.35 bits per heavy atom. The molecule has 0 saturated heterocycles. The molecular formula is C13H17NOS2. The molecule has 4 heteroatoms. The summed E-state index contributed by atoms with van der Waals surface area (Å²) in [6.45, 7) is 6.25. The average Bonchev–Trinajstić information content (AvgIpc) is 2.32. The molecule has 2 nitrogen and oxygen atoms in total. The van der Waals surface area contributed by atoms with E-state index in [9.17, 15) is 4.79 Å². The Morgan fingerprint density at radius 1 is 1.59 bits per heavy atom. The first-order valence-corrected chi connectivity index (χ1v) is 7.02. The largest absolute Gasteiger partial charge is 0.351 e. The van der Waals surface area contributed by atoms with Crippen LogP contribution in [0.2, 0.25) is 0 Å². The fraction of sp³-hybridized carbons (Fsp3) is 0.308. The van der Waals surface area contributed by atoms with Gasteiger partial charge in [0, 0.05) is 28.5 Å². The molecule has 0 aliphatic heterocycles. The molecule has 1 rings (SSSR count). The summed E-state index contributed by atoms with van der Waals surface area (Å²) in [5.74, 6) is 1.79. The second-order valence-electron chi connectivity index (χ2n) is 3.62. The molecule has 0 unspecified atom stereocenters. The molecule has 0 aromatic heterocycles. The predicted molar refractivity (Wildman–Crippen MR) is 78.3 cm³/mol. The third-order valence-corrected chi connectivity index (χ3v) is 3.48. The van der Waals surface area contributed by atoms with Gasteiger partial charge in [0.2, 0.25) is 0 Å². The Kier molecular flexibility index (Phi) is 6.22. The highest BCUT2D eigenvalue weighted by Crippen LogP contribution is 2.13. The Morgan fingerprint density at radius 3 is 3.06 bits per heavy atom. The van der Waals surface area contributed by atoms with Crippen LogP contribution in [0.15, 0.2) is 35.7 Å². The summed E-state index contributed by atoms with van der Waals surface area (Å²) < 4.78 is 0. The lowest BCUT2D eigenvalue weighted by Gasteiger charge is -2.07. The highest BCUT2D eigenvalue weighted by atomic mass is 32.2. The van der Waals surface area contributed by atoms with Crippen LogP contribution in [0, 0.1) is 6.92 Å². The van der Waals surface area contributed by atoms with E-state index in [1.807, 2.05) is 25.1 Å². The molecule has 1 aromatic rings. The normalized spacial score (nSPS) is 10.0. The summed E-state index contributed by atoms with van der Waals surface area (Å²) >= 11 is 5.99. The Bertz CT molecular complexity index is 404. The van der Waals surface area contributed by atoms with Gasteiger partial charge in [0.1, 0.15) is 0 Å². The monoisotopic (exact) mass is 267 g/mol. The van der Waals surface area contributed by atoms with Crippen LogP contribution in [-0.4, -0.2) is 24.0 Å². The zero-order chi connectivity index (χ0) is 12.7. The molecule has 0 bridgehead atoms. The van der Waals surface area contributed by atoms with E-state index in [4.69, 9.17) is 0 Å². The van der Waals surface area contributed by atoms with E-state index in [1.54, 1.807) is 17.8 Å². The smallest absolute Gasteiger partial charge is 0.251 e. The minimum absolute atomic E-state index is 0.0300. The maximum absolute atomic E-state index is 11.9. The topological polar surface area (TPSA) is 29.1 Å². The average molecular weight is 267 g/mol. The van der Waals surface area contributed by atoms with Crippen molar-refractivity contribution >= 4 is 30.3 Å². The van der Waals surface area contributed by atoms with Gasteiger partial charge in [-0.3, -0.25) is 4.79 Å². The second kappa shape index (κ2) is 7.45. The molecule has 1 aromatic carbocycles. The number of nitrogens with one attached hydrogen (secondary N) is 1. The molecule has 0 aliphatic rings. The number of amides is 1. The molecular weight excluding hydrogens is 250 g/mol. The van der Waals surface area contributed by atoms with Crippen molar-refractivity contribution in [3.8, 4) is 0 Å². The Labute approximate surface area is 112 Å². The lowest BCUT2D eigenvalue weighted by molar-refractivity contribution is 0.0955. The Balaban J connectivity index is 2.46. The summed E-state index contributed by atoms with van der Waals surface area (Å²) in [6, 6.07) is 5.59. The van der Waals surface area contributed by atoms with Crippen LogP contribution in [0.3, 0.4) is 0 Å². The highest BCUT2D eigenvalue weighted by Gasteiger charge is 2.08. The number of hydrogen-bond donors (Lipinski definition) is 2. The van der Waals surface area contributed by atoms with Gasteiger partial charge in [0.05, 0.1) is 0 Å². The van der Waals surface area contributed by atoms with Crippen LogP contribution < -0.4 is 5.32 Å². The summed E-state index contributed by atoms with van der Waals surface area (Å²) in [4.78, 5) is 12.7. The van der Waals surface area contributed by atoms with E-state index in [-0.39, 0.29) is 5.91 Å². The van der Waals surface area contributed by atoms with Crippen molar-refractivity contribution in [2.75, 3.05) is 18.1 Å². The van der Waals surface area contributed by atoms with E-state index in [0.29, 0.717) is 12.1 Å². The number of thiol groups is 1. The molecule has 0 saturated carbocycles. The number of benzene rings is 1. The number of carbonyl (C=O) groups is 1. The van der Waals surface area contributed by atoms with Crippen LogP contribution in [0.4, 0.5) is 0 Å². The summed E-state index contributed by atoms with van der Waals surface area (Å²) in [5.41, 5.74) is 1.67. The van der Waals surface area contributed by atoms with Gasteiger partial charge in [-0.1, -0.05) is 12.1 Å². The molecule has 92 valence electrons. The summed E-state index contributed by atoms with van der Waals surface area (Å²) in [6.07, 6.45) is 1.86. The van der Waals surface area contributed by atoms with Crippen LogP contribution in [0.5, 0.6) is 0 Å². The fourth-order valence-electron chi connectivity index (χ4n) is 1.35. The van der Waals surface area contributed by atoms with Gasteiger partial charge in [-0.15, -0.1) is 19.2 Å². The molecule has 17 heavy (non-hydrogen) atoms. The van der Waals surface area contributed by atoms with Crippen LogP contribution in [0.25, 0.3) is 0 Å². The Hall–Kier alpha value is -0.870. The van der Waals surface area contributed by atoms with Crippen molar-refractivity contribution in [3.05, 3.63) is 42.0 Å². The lowest BCUT2D eigenvalue weighted by atomic mass is 10.1. The van der Waals surface area contributed by atoms with Gasteiger partial charge < -0.3 is 5.32 Å². The molecule has 0 aliphatic carbocycles. The number of rotatable bonds is 6. The summed E-state index contributed by atoms with van der Waals surface area (Å²) in [5, 5.41) is 2.90. The number of carbonyl (C=O) groups excluding carboxylic acids is 1. The van der Waals surface area contributed by atoms with Crippen LogP contribution in [0.1, 0.15) is 15.9 Å². The lowest BCUT2D eigenvalue weighted by Crippen LogP contribution is -2.26. The predicted octanol–water partition coefficient (Wildman–Crippen LogP) is 2.93. The SMILES string of the molecule is C=CCSCCNC(=O)c1cc(S)ccc1C. The minimum Gasteiger partial charge on any atom is -0.351 e. The molecule has 0 fully saturated rings. The fourth-order valence-corrected chi connectivity index (χ4v) is 2.14. The van der Waals surface area contributed by atoms with E-state index in [0.717, 1.165) is 22.0 Å². The van der Waals surface area contributed by atoms with Gasteiger partial charge in [0.25, 0.3) is 5.91 Å². The van der Waals surface area contributed by atoms with Gasteiger partial charge in [0.15, 0.2) is 0 Å². The molecule has 0 spiro atoms. The third kappa shape index (κ3) is 4.88. The number of aryl methyl sites for hydroxylation is 1. The molecule has 0 atom stereocenters. The van der Waals surface area contributed by atoms with Gasteiger partial charge in [-0.05, 0) is 24.6 Å². The number of thioether (sulfide) groups is 1. The van der Waals surface area contributed by atoms with Crippen LogP contribution >= 0.6 is 24.4 Å². The van der Waals surface area contributed by atoms with Gasteiger partial charge in [-0.2, -0.15) is 11.8 Å². The molecule has 1 amide bonds. The maximum atomic E-state index is 11.9. The van der Waals surface area contributed by atoms with Gasteiger partial charge >= 0.3 is 0 Å². The second-order valence-corrected chi connectivity index (χ2v) is 5.28. The maximum Gasteiger partial charge on any atom is 0.251 e. The van der Waals surface area contributed by atoms with E-state index in [2.05, 4.69) is 24.5 Å². The van der Waals surface area contributed by atoms with Crippen molar-refractivity contribution in [3.63, 3.8) is 0 Å². The van der Waals surface area contributed by atoms with E-state index < -0.39 is 0 Å². The molecule has 1 N–H and O–H groups in total. The standard InChI is InChI=1S/C13H17NOS2/c1-3-7-17-8-6-14-13(15)12-9-11(16)5-4-10(12)2/h3-5,9,16H,1,6-8H2,2H3,(H,14,15). The zero-order valence-electron chi connectivity index (χ0n) is 9.90. The van der Waals surface area contributed by atoms with E-state index in [1.165, 1.54) is 0 Å². The van der Waals surface area contributed by atoms with Crippen molar-refractivity contribution < 1.29 is 4.79 Å². The molecule has 0 heterocycles. The first-order chi connectivity index (χ1) is 8.15. The zero-order valence-corrected chi connectivity index (χ0v) is 11.6.